The number of aliphatic hydroxyl groups excluding tert-OH is 1. The standard InChI is InChI=1S/C7H11F4NO3/c1-15-3-4(2-13)12-6(14)7(10,11)5(8)9/h4-5,13H,2-3H2,1H3,(H,12,14). The van der Waals surface area contributed by atoms with E-state index in [1.54, 1.807) is 5.32 Å². The minimum absolute atomic E-state index is 0.248. The Labute approximate surface area is 83.2 Å². The maximum atomic E-state index is 12.4. The van der Waals surface area contributed by atoms with Crippen LogP contribution in [-0.4, -0.2) is 49.7 Å². The zero-order chi connectivity index (χ0) is 12.1. The number of amides is 1. The van der Waals surface area contributed by atoms with Gasteiger partial charge in [0, 0.05) is 7.11 Å². The predicted molar refractivity (Wildman–Crippen MR) is 41.8 cm³/mol. The molecule has 0 aromatic rings. The highest BCUT2D eigenvalue weighted by atomic mass is 19.3. The molecule has 0 rings (SSSR count). The lowest BCUT2D eigenvalue weighted by atomic mass is 10.2. The molecule has 0 fully saturated rings. The Morgan fingerprint density at radius 3 is 2.40 bits per heavy atom. The maximum absolute atomic E-state index is 12.4. The number of halogens is 4. The number of nitrogens with one attached hydrogen (secondary N) is 1. The molecule has 15 heavy (non-hydrogen) atoms. The van der Waals surface area contributed by atoms with Gasteiger partial charge in [0.1, 0.15) is 0 Å². The summed E-state index contributed by atoms with van der Waals surface area (Å²) in [5.74, 6) is -6.89. The lowest BCUT2D eigenvalue weighted by Crippen LogP contribution is -2.51. The normalized spacial score (nSPS) is 14.1. The number of alkyl halides is 4. The topological polar surface area (TPSA) is 58.6 Å². The number of ether oxygens (including phenoxy) is 1. The Morgan fingerprint density at radius 1 is 1.53 bits per heavy atom. The molecule has 0 saturated heterocycles. The number of aliphatic hydroxyl groups is 1. The van der Waals surface area contributed by atoms with E-state index in [9.17, 15) is 22.4 Å². The Kier molecular flexibility index (Phi) is 5.51. The van der Waals surface area contributed by atoms with Gasteiger partial charge in [0.2, 0.25) is 0 Å². The Bertz CT molecular complexity index is 212. The van der Waals surface area contributed by atoms with Crippen LogP contribution in [0.5, 0.6) is 0 Å². The quantitative estimate of drug-likeness (QED) is 0.635. The van der Waals surface area contributed by atoms with Crippen LogP contribution in [0.25, 0.3) is 0 Å². The molecule has 1 atom stereocenters. The molecule has 1 amide bonds. The summed E-state index contributed by atoms with van der Waals surface area (Å²) < 4.78 is 52.6. The second-order valence-electron chi connectivity index (χ2n) is 2.73. The van der Waals surface area contributed by atoms with Crippen molar-refractivity contribution in [1.82, 2.24) is 5.32 Å². The molecule has 0 aliphatic carbocycles. The summed E-state index contributed by atoms with van der Waals surface area (Å²) in [6.07, 6.45) is -4.08. The monoisotopic (exact) mass is 233 g/mol. The summed E-state index contributed by atoms with van der Waals surface area (Å²) in [5.41, 5.74) is 0. The van der Waals surface area contributed by atoms with Crippen molar-refractivity contribution in [2.75, 3.05) is 20.3 Å². The largest absolute Gasteiger partial charge is 0.394 e. The molecule has 90 valence electrons. The molecule has 8 heteroatoms. The summed E-state index contributed by atoms with van der Waals surface area (Å²) in [6, 6.07) is -1.13. The van der Waals surface area contributed by atoms with Crippen LogP contribution in [-0.2, 0) is 9.53 Å². The van der Waals surface area contributed by atoms with Crippen LogP contribution < -0.4 is 5.32 Å². The molecule has 0 bridgehead atoms. The molecule has 1 unspecified atom stereocenters. The van der Waals surface area contributed by atoms with Gasteiger partial charge in [0.25, 0.3) is 5.91 Å². The lowest BCUT2D eigenvalue weighted by Gasteiger charge is -2.19. The molecule has 0 heterocycles. The van der Waals surface area contributed by atoms with Gasteiger partial charge in [-0.3, -0.25) is 4.79 Å². The molecule has 0 aromatic heterocycles. The highest BCUT2D eigenvalue weighted by Crippen LogP contribution is 2.22. The van der Waals surface area contributed by atoms with Crippen molar-refractivity contribution in [3.05, 3.63) is 0 Å². The van der Waals surface area contributed by atoms with E-state index in [2.05, 4.69) is 4.74 Å². The van der Waals surface area contributed by atoms with Crippen molar-refractivity contribution >= 4 is 5.91 Å². The fourth-order valence-electron chi connectivity index (χ4n) is 0.722. The van der Waals surface area contributed by atoms with E-state index < -0.39 is 30.9 Å². The van der Waals surface area contributed by atoms with E-state index in [1.165, 1.54) is 7.11 Å². The van der Waals surface area contributed by atoms with Crippen LogP contribution >= 0.6 is 0 Å². The number of hydrogen-bond donors (Lipinski definition) is 2. The third-order valence-corrected chi connectivity index (χ3v) is 1.50. The molecule has 4 nitrogen and oxygen atoms in total. The van der Waals surface area contributed by atoms with E-state index in [0.29, 0.717) is 0 Å². The number of carbonyl (C=O) groups excluding carboxylic acids is 1. The second-order valence-corrected chi connectivity index (χ2v) is 2.73. The van der Waals surface area contributed by atoms with Crippen LogP contribution in [0.15, 0.2) is 0 Å². The van der Waals surface area contributed by atoms with Gasteiger partial charge >= 0.3 is 12.3 Å². The molecule has 0 aliphatic rings. The van der Waals surface area contributed by atoms with Crippen LogP contribution in [0.2, 0.25) is 0 Å². The Balaban J connectivity index is 4.33. The Hall–Kier alpha value is -0.890. The van der Waals surface area contributed by atoms with Crippen LogP contribution in [0.1, 0.15) is 0 Å². The summed E-state index contributed by atoms with van der Waals surface area (Å²) in [7, 11) is 1.21. The van der Waals surface area contributed by atoms with Gasteiger partial charge in [-0.25, -0.2) is 8.78 Å². The number of rotatable bonds is 6. The molecule has 0 aromatic carbocycles. The first-order valence-electron chi connectivity index (χ1n) is 3.93. The third kappa shape index (κ3) is 4.00. The second kappa shape index (κ2) is 5.86. The molecule has 0 saturated carbocycles. The van der Waals surface area contributed by atoms with Crippen molar-refractivity contribution in [1.29, 1.82) is 0 Å². The van der Waals surface area contributed by atoms with Crippen molar-refractivity contribution in [3.8, 4) is 0 Å². The van der Waals surface area contributed by atoms with E-state index in [1.807, 2.05) is 0 Å². The zero-order valence-electron chi connectivity index (χ0n) is 7.84. The van der Waals surface area contributed by atoms with Gasteiger partial charge in [-0.05, 0) is 0 Å². The Morgan fingerprint density at radius 2 is 2.07 bits per heavy atom. The third-order valence-electron chi connectivity index (χ3n) is 1.50. The SMILES string of the molecule is COCC(CO)NC(=O)C(F)(F)C(F)F. The van der Waals surface area contributed by atoms with Crippen molar-refractivity contribution in [2.24, 2.45) is 0 Å². The van der Waals surface area contributed by atoms with Crippen LogP contribution in [0.3, 0.4) is 0 Å². The number of hydrogen-bond acceptors (Lipinski definition) is 3. The first-order chi connectivity index (χ1) is 6.86. The summed E-state index contributed by atoms with van der Waals surface area (Å²) in [5, 5.41) is 10.1. The van der Waals surface area contributed by atoms with E-state index in [4.69, 9.17) is 5.11 Å². The average molecular weight is 233 g/mol. The van der Waals surface area contributed by atoms with Gasteiger partial charge in [0.15, 0.2) is 0 Å². The number of methoxy groups -OCH3 is 1. The summed E-state index contributed by atoms with van der Waals surface area (Å²) >= 11 is 0. The lowest BCUT2D eigenvalue weighted by molar-refractivity contribution is -0.170. The average Bonchev–Trinajstić information content (AvgIpc) is 2.16. The fraction of sp³-hybridized carbons (Fsp3) is 0.857. The van der Waals surface area contributed by atoms with Gasteiger partial charge < -0.3 is 15.2 Å². The first-order valence-corrected chi connectivity index (χ1v) is 3.93. The summed E-state index contributed by atoms with van der Waals surface area (Å²) in [4.78, 5) is 10.6. The molecule has 0 aliphatic heterocycles. The molecular formula is C7H11F4NO3. The maximum Gasteiger partial charge on any atom is 0.383 e. The smallest absolute Gasteiger partial charge is 0.383 e. The van der Waals surface area contributed by atoms with Gasteiger partial charge in [-0.2, -0.15) is 8.78 Å². The van der Waals surface area contributed by atoms with E-state index >= 15 is 0 Å². The van der Waals surface area contributed by atoms with E-state index in [0.717, 1.165) is 0 Å². The van der Waals surface area contributed by atoms with Gasteiger partial charge in [-0.15, -0.1) is 0 Å². The number of carbonyl (C=O) groups is 1. The predicted octanol–water partition coefficient (Wildman–Crippen LogP) is 0.0103. The minimum atomic E-state index is -4.76. The van der Waals surface area contributed by atoms with Crippen LogP contribution in [0.4, 0.5) is 17.6 Å². The molecular weight excluding hydrogens is 222 g/mol. The highest BCUT2D eigenvalue weighted by Gasteiger charge is 2.49. The van der Waals surface area contributed by atoms with E-state index in [-0.39, 0.29) is 6.61 Å². The van der Waals surface area contributed by atoms with Crippen molar-refractivity contribution < 1.29 is 32.2 Å². The zero-order valence-corrected chi connectivity index (χ0v) is 7.84. The minimum Gasteiger partial charge on any atom is -0.394 e. The van der Waals surface area contributed by atoms with Gasteiger partial charge in [-0.1, -0.05) is 0 Å². The van der Waals surface area contributed by atoms with Crippen molar-refractivity contribution in [3.63, 3.8) is 0 Å². The van der Waals surface area contributed by atoms with Crippen molar-refractivity contribution in [2.45, 2.75) is 18.4 Å². The first kappa shape index (κ1) is 14.1. The van der Waals surface area contributed by atoms with Gasteiger partial charge in [0.05, 0.1) is 19.3 Å². The fourth-order valence-corrected chi connectivity index (χ4v) is 0.722. The summed E-state index contributed by atoms with van der Waals surface area (Å²) in [6.45, 7) is -0.930. The molecule has 0 radical (unpaired) electrons. The van der Waals surface area contributed by atoms with Crippen LogP contribution in [0, 0.1) is 0 Å². The molecule has 0 spiro atoms. The molecule has 2 N–H and O–H groups in total. The highest BCUT2D eigenvalue weighted by molar-refractivity contribution is 5.84.